The lowest BCUT2D eigenvalue weighted by Gasteiger charge is -2.11. The van der Waals surface area contributed by atoms with E-state index in [2.05, 4.69) is 15.9 Å². The van der Waals surface area contributed by atoms with Crippen molar-refractivity contribution in [1.82, 2.24) is 0 Å². The fraction of sp³-hybridized carbons (Fsp3) is 0.0769. The smallest absolute Gasteiger partial charge is 0.133 e. The van der Waals surface area contributed by atoms with Gasteiger partial charge < -0.3 is 4.74 Å². The van der Waals surface area contributed by atoms with Gasteiger partial charge in [-0.15, -0.1) is 0 Å². The van der Waals surface area contributed by atoms with Crippen LogP contribution in [0.2, 0.25) is 5.02 Å². The molecule has 0 spiro atoms. The third-order valence-corrected chi connectivity index (χ3v) is 3.19. The van der Waals surface area contributed by atoms with E-state index < -0.39 is 11.6 Å². The molecular formula is C13H8BrClF2O. The van der Waals surface area contributed by atoms with E-state index in [-0.39, 0.29) is 5.75 Å². The van der Waals surface area contributed by atoms with Gasteiger partial charge in [0, 0.05) is 34.1 Å². The second-order valence-electron chi connectivity index (χ2n) is 3.56. The van der Waals surface area contributed by atoms with Gasteiger partial charge in [-0.05, 0) is 12.1 Å². The largest absolute Gasteiger partial charge is 0.457 e. The summed E-state index contributed by atoms with van der Waals surface area (Å²) in [6.45, 7) is 0. The van der Waals surface area contributed by atoms with E-state index in [4.69, 9.17) is 16.3 Å². The minimum absolute atomic E-state index is 0.0944. The zero-order valence-electron chi connectivity index (χ0n) is 9.09. The highest BCUT2D eigenvalue weighted by molar-refractivity contribution is 9.08. The summed E-state index contributed by atoms with van der Waals surface area (Å²) in [5.74, 6) is -0.818. The van der Waals surface area contributed by atoms with Gasteiger partial charge in [-0.2, -0.15) is 0 Å². The van der Waals surface area contributed by atoms with Crippen molar-refractivity contribution in [2.75, 3.05) is 0 Å². The average Bonchev–Trinajstić information content (AvgIpc) is 2.27. The van der Waals surface area contributed by atoms with Crippen LogP contribution >= 0.6 is 27.5 Å². The molecule has 0 heterocycles. The van der Waals surface area contributed by atoms with Gasteiger partial charge in [0.2, 0.25) is 0 Å². The van der Waals surface area contributed by atoms with Crippen molar-refractivity contribution in [3.05, 3.63) is 58.6 Å². The first kappa shape index (κ1) is 13.3. The minimum Gasteiger partial charge on any atom is -0.457 e. The van der Waals surface area contributed by atoms with Crippen molar-refractivity contribution in [1.29, 1.82) is 0 Å². The molecule has 0 saturated carbocycles. The fourth-order valence-corrected chi connectivity index (χ4v) is 2.45. The number of halogens is 4. The summed E-state index contributed by atoms with van der Waals surface area (Å²) in [5.41, 5.74) is 0.726. The SMILES string of the molecule is Fc1cc(F)cc(Oc2cccc(Cl)c2CBr)c1. The van der Waals surface area contributed by atoms with E-state index in [0.717, 1.165) is 23.8 Å². The number of hydrogen-bond acceptors (Lipinski definition) is 1. The van der Waals surface area contributed by atoms with Gasteiger partial charge in [0.05, 0.1) is 0 Å². The van der Waals surface area contributed by atoms with Gasteiger partial charge in [0.25, 0.3) is 0 Å². The van der Waals surface area contributed by atoms with Gasteiger partial charge in [0.15, 0.2) is 0 Å². The molecule has 0 radical (unpaired) electrons. The molecule has 94 valence electrons. The fourth-order valence-electron chi connectivity index (χ4n) is 1.48. The van der Waals surface area contributed by atoms with Crippen molar-refractivity contribution >= 4 is 27.5 Å². The molecule has 1 nitrogen and oxygen atoms in total. The van der Waals surface area contributed by atoms with Crippen molar-refractivity contribution in [3.8, 4) is 11.5 Å². The second kappa shape index (κ2) is 5.67. The van der Waals surface area contributed by atoms with Crippen LogP contribution < -0.4 is 4.74 Å². The predicted molar refractivity (Wildman–Crippen MR) is 70.5 cm³/mol. The minimum atomic E-state index is -0.688. The number of alkyl halides is 1. The Labute approximate surface area is 116 Å². The van der Waals surface area contributed by atoms with Crippen molar-refractivity contribution in [3.63, 3.8) is 0 Å². The highest BCUT2D eigenvalue weighted by atomic mass is 79.9. The molecule has 0 amide bonds. The first-order chi connectivity index (χ1) is 8.60. The van der Waals surface area contributed by atoms with Crippen LogP contribution in [0.4, 0.5) is 8.78 Å². The zero-order valence-corrected chi connectivity index (χ0v) is 11.4. The van der Waals surface area contributed by atoms with E-state index in [9.17, 15) is 8.78 Å². The van der Waals surface area contributed by atoms with Gasteiger partial charge >= 0.3 is 0 Å². The molecule has 2 rings (SSSR count). The van der Waals surface area contributed by atoms with Crippen LogP contribution in [0, 0.1) is 11.6 Å². The first-order valence-corrected chi connectivity index (χ1v) is 6.57. The zero-order chi connectivity index (χ0) is 13.1. The quantitative estimate of drug-likeness (QED) is 0.692. The van der Waals surface area contributed by atoms with Crippen LogP contribution in [0.3, 0.4) is 0 Å². The summed E-state index contributed by atoms with van der Waals surface area (Å²) < 4.78 is 31.5. The van der Waals surface area contributed by atoms with E-state index in [0.29, 0.717) is 16.1 Å². The predicted octanol–water partition coefficient (Wildman–Crippen LogP) is 5.31. The lowest BCUT2D eigenvalue weighted by Crippen LogP contribution is -1.92. The van der Waals surface area contributed by atoms with Crippen LogP contribution in [-0.4, -0.2) is 0 Å². The highest BCUT2D eigenvalue weighted by Gasteiger charge is 2.09. The lowest BCUT2D eigenvalue weighted by atomic mass is 10.2. The van der Waals surface area contributed by atoms with Crippen LogP contribution in [0.25, 0.3) is 0 Å². The summed E-state index contributed by atoms with van der Waals surface area (Å²) in [6, 6.07) is 8.13. The van der Waals surface area contributed by atoms with Crippen LogP contribution in [0.15, 0.2) is 36.4 Å². The molecule has 0 atom stereocenters. The number of rotatable bonds is 3. The molecule has 0 unspecified atom stereocenters. The summed E-state index contributed by atoms with van der Waals surface area (Å²) in [5, 5.41) is 1.01. The molecule has 0 aliphatic heterocycles. The number of benzene rings is 2. The summed E-state index contributed by atoms with van der Waals surface area (Å²) in [4.78, 5) is 0. The van der Waals surface area contributed by atoms with Crippen molar-refractivity contribution < 1.29 is 13.5 Å². The molecule has 0 aliphatic carbocycles. The summed E-state index contributed by atoms with van der Waals surface area (Å²) >= 11 is 9.29. The number of ether oxygens (including phenoxy) is 1. The maximum Gasteiger partial charge on any atom is 0.133 e. The molecule has 5 heteroatoms. The van der Waals surface area contributed by atoms with Crippen LogP contribution in [0.5, 0.6) is 11.5 Å². The third kappa shape index (κ3) is 3.00. The Hall–Kier alpha value is -1.13. The van der Waals surface area contributed by atoms with Crippen LogP contribution in [-0.2, 0) is 5.33 Å². The molecule has 18 heavy (non-hydrogen) atoms. The maximum atomic E-state index is 13.0. The average molecular weight is 334 g/mol. The lowest BCUT2D eigenvalue weighted by molar-refractivity contribution is 0.465. The van der Waals surface area contributed by atoms with E-state index >= 15 is 0 Å². The molecule has 0 fully saturated rings. The number of hydrogen-bond donors (Lipinski definition) is 0. The normalized spacial score (nSPS) is 10.4. The van der Waals surface area contributed by atoms with Crippen molar-refractivity contribution in [2.45, 2.75) is 5.33 Å². The monoisotopic (exact) mass is 332 g/mol. The first-order valence-electron chi connectivity index (χ1n) is 5.07. The molecule has 2 aromatic carbocycles. The van der Waals surface area contributed by atoms with E-state index in [1.807, 2.05) is 0 Å². The molecule has 0 N–H and O–H groups in total. The van der Waals surface area contributed by atoms with E-state index in [1.165, 1.54) is 0 Å². The molecule has 0 aliphatic rings. The van der Waals surface area contributed by atoms with Crippen LogP contribution in [0.1, 0.15) is 5.56 Å². The standard InChI is InChI=1S/C13H8BrClF2O/c14-7-11-12(15)2-1-3-13(11)18-10-5-8(16)4-9(17)6-10/h1-6H,7H2. The Morgan fingerprint density at radius 2 is 1.78 bits per heavy atom. The van der Waals surface area contributed by atoms with E-state index in [1.54, 1.807) is 18.2 Å². The molecule has 0 saturated heterocycles. The molecular weight excluding hydrogens is 325 g/mol. The summed E-state index contributed by atoms with van der Waals surface area (Å²) in [7, 11) is 0. The Balaban J connectivity index is 2.36. The van der Waals surface area contributed by atoms with Gasteiger partial charge in [-0.25, -0.2) is 8.78 Å². The Kier molecular flexibility index (Phi) is 4.19. The van der Waals surface area contributed by atoms with Gasteiger partial charge in [-0.3, -0.25) is 0 Å². The third-order valence-electron chi connectivity index (χ3n) is 2.27. The highest BCUT2D eigenvalue weighted by Crippen LogP contribution is 2.32. The molecule has 2 aromatic rings. The summed E-state index contributed by atoms with van der Waals surface area (Å²) in [6.07, 6.45) is 0. The second-order valence-corrected chi connectivity index (χ2v) is 4.53. The van der Waals surface area contributed by atoms with Gasteiger partial charge in [0.1, 0.15) is 23.1 Å². The Bertz CT molecular complexity index is 555. The Morgan fingerprint density at radius 3 is 2.39 bits per heavy atom. The molecule has 0 bridgehead atoms. The maximum absolute atomic E-state index is 13.0. The van der Waals surface area contributed by atoms with Gasteiger partial charge in [-0.1, -0.05) is 33.6 Å². The van der Waals surface area contributed by atoms with Crippen molar-refractivity contribution in [2.24, 2.45) is 0 Å². The molecule has 0 aromatic heterocycles. The topological polar surface area (TPSA) is 9.23 Å². The Morgan fingerprint density at radius 1 is 1.11 bits per heavy atom.